The molecular weight excluding hydrogens is 232 g/mol. The highest BCUT2D eigenvalue weighted by Gasteiger charge is 2.28. The predicted octanol–water partition coefficient (Wildman–Crippen LogP) is 5.69. The first-order chi connectivity index (χ1) is 9.24. The zero-order chi connectivity index (χ0) is 13.9. The lowest BCUT2D eigenvalue weighted by Gasteiger charge is -2.03. The lowest BCUT2D eigenvalue weighted by Crippen LogP contribution is -2.03. The van der Waals surface area contributed by atoms with Crippen molar-refractivity contribution in [3.63, 3.8) is 0 Å². The number of hydrogen-bond donors (Lipinski definition) is 0. The fourth-order valence-corrected chi connectivity index (χ4v) is 3.04. The summed E-state index contributed by atoms with van der Waals surface area (Å²) in [6, 6.07) is 0. The lowest BCUT2D eigenvalue weighted by molar-refractivity contribution is -0.120. The van der Waals surface area contributed by atoms with E-state index < -0.39 is 0 Å². The van der Waals surface area contributed by atoms with Gasteiger partial charge < -0.3 is 0 Å². The Labute approximate surface area is 119 Å². The van der Waals surface area contributed by atoms with Gasteiger partial charge in [0.15, 0.2) is 0 Å². The molecule has 2 atom stereocenters. The standard InChI is InChI=1S/C18H32O/c1-3-4-5-6-7-8-9-10-11-12-13-17-14-16(2)15-18(17)19/h11-12,16-17H,3-10,13-15H2,1-2H3/b12-11+. The molecule has 1 saturated carbocycles. The molecule has 1 aliphatic rings. The maximum atomic E-state index is 11.6. The van der Waals surface area contributed by atoms with Gasteiger partial charge in [-0.05, 0) is 31.6 Å². The molecule has 1 aliphatic carbocycles. The van der Waals surface area contributed by atoms with Crippen LogP contribution in [0.2, 0.25) is 0 Å². The molecule has 0 aromatic rings. The molecule has 0 aromatic carbocycles. The van der Waals surface area contributed by atoms with Crippen molar-refractivity contribution in [1.82, 2.24) is 0 Å². The molecule has 19 heavy (non-hydrogen) atoms. The molecule has 0 radical (unpaired) electrons. The van der Waals surface area contributed by atoms with Crippen LogP contribution < -0.4 is 0 Å². The number of carbonyl (C=O) groups excluding carboxylic acids is 1. The van der Waals surface area contributed by atoms with Crippen LogP contribution in [0.15, 0.2) is 12.2 Å². The van der Waals surface area contributed by atoms with Crippen LogP contribution >= 0.6 is 0 Å². The molecule has 0 amide bonds. The Bertz CT molecular complexity index is 267. The number of hydrogen-bond acceptors (Lipinski definition) is 1. The molecule has 110 valence electrons. The average molecular weight is 264 g/mol. The molecule has 0 spiro atoms. The zero-order valence-corrected chi connectivity index (χ0v) is 13.0. The molecule has 0 N–H and O–H groups in total. The third-order valence-corrected chi connectivity index (χ3v) is 4.25. The number of ketones is 1. The van der Waals surface area contributed by atoms with Gasteiger partial charge in [0.25, 0.3) is 0 Å². The fraction of sp³-hybridized carbons (Fsp3) is 0.833. The van der Waals surface area contributed by atoms with Gasteiger partial charge in [-0.2, -0.15) is 0 Å². The molecule has 0 aromatic heterocycles. The lowest BCUT2D eigenvalue weighted by atomic mass is 10.0. The average Bonchev–Trinajstić information content (AvgIpc) is 2.70. The van der Waals surface area contributed by atoms with E-state index in [1.165, 1.54) is 51.4 Å². The largest absolute Gasteiger partial charge is 0.299 e. The summed E-state index contributed by atoms with van der Waals surface area (Å²) >= 11 is 0. The van der Waals surface area contributed by atoms with Crippen molar-refractivity contribution < 1.29 is 4.79 Å². The van der Waals surface area contributed by atoms with Crippen molar-refractivity contribution >= 4 is 5.78 Å². The summed E-state index contributed by atoms with van der Waals surface area (Å²) in [6.07, 6.45) is 18.3. The minimum absolute atomic E-state index is 0.334. The van der Waals surface area contributed by atoms with Crippen molar-refractivity contribution in [1.29, 1.82) is 0 Å². The molecule has 0 bridgehead atoms. The van der Waals surface area contributed by atoms with Crippen LogP contribution in [-0.4, -0.2) is 5.78 Å². The third kappa shape index (κ3) is 7.54. The van der Waals surface area contributed by atoms with E-state index in [1.807, 2.05) is 0 Å². The van der Waals surface area contributed by atoms with Gasteiger partial charge in [0.05, 0.1) is 0 Å². The van der Waals surface area contributed by atoms with Crippen LogP contribution in [0.4, 0.5) is 0 Å². The van der Waals surface area contributed by atoms with Crippen molar-refractivity contribution in [3.8, 4) is 0 Å². The Kier molecular flexibility index (Phi) is 8.86. The predicted molar refractivity (Wildman–Crippen MR) is 83.3 cm³/mol. The summed E-state index contributed by atoms with van der Waals surface area (Å²) in [7, 11) is 0. The van der Waals surface area contributed by atoms with Crippen LogP contribution in [-0.2, 0) is 4.79 Å². The van der Waals surface area contributed by atoms with Gasteiger partial charge in [0.1, 0.15) is 5.78 Å². The van der Waals surface area contributed by atoms with Crippen molar-refractivity contribution in [2.24, 2.45) is 11.8 Å². The maximum absolute atomic E-state index is 11.6. The normalized spacial score (nSPS) is 23.6. The highest BCUT2D eigenvalue weighted by molar-refractivity contribution is 5.83. The van der Waals surface area contributed by atoms with E-state index in [2.05, 4.69) is 26.0 Å². The minimum Gasteiger partial charge on any atom is -0.299 e. The number of carbonyl (C=O) groups is 1. The van der Waals surface area contributed by atoms with Gasteiger partial charge in [-0.1, -0.05) is 64.5 Å². The SMILES string of the molecule is CCCCCCCCC/C=C/CC1CC(C)CC1=O. The van der Waals surface area contributed by atoms with Gasteiger partial charge in [-0.25, -0.2) is 0 Å². The first-order valence-electron chi connectivity index (χ1n) is 8.41. The quantitative estimate of drug-likeness (QED) is 0.366. The van der Waals surface area contributed by atoms with E-state index in [0.717, 1.165) is 19.3 Å². The summed E-state index contributed by atoms with van der Waals surface area (Å²) in [5.41, 5.74) is 0. The Hall–Kier alpha value is -0.590. The van der Waals surface area contributed by atoms with E-state index >= 15 is 0 Å². The molecular formula is C18H32O. The van der Waals surface area contributed by atoms with Gasteiger partial charge in [0, 0.05) is 12.3 Å². The number of Topliss-reactive ketones (excluding diaryl/α,β-unsaturated/α-hetero) is 1. The van der Waals surface area contributed by atoms with Crippen LogP contribution in [0.5, 0.6) is 0 Å². The van der Waals surface area contributed by atoms with E-state index in [1.54, 1.807) is 0 Å². The number of rotatable bonds is 10. The zero-order valence-electron chi connectivity index (χ0n) is 13.0. The third-order valence-electron chi connectivity index (χ3n) is 4.25. The van der Waals surface area contributed by atoms with Crippen molar-refractivity contribution in [2.75, 3.05) is 0 Å². The van der Waals surface area contributed by atoms with E-state index in [0.29, 0.717) is 17.6 Å². The van der Waals surface area contributed by atoms with E-state index in [9.17, 15) is 4.79 Å². The summed E-state index contributed by atoms with van der Waals surface area (Å²) < 4.78 is 0. The van der Waals surface area contributed by atoms with Crippen LogP contribution in [0, 0.1) is 11.8 Å². The number of unbranched alkanes of at least 4 members (excludes halogenated alkanes) is 7. The van der Waals surface area contributed by atoms with Crippen LogP contribution in [0.3, 0.4) is 0 Å². The molecule has 1 rings (SSSR count). The topological polar surface area (TPSA) is 17.1 Å². The van der Waals surface area contributed by atoms with Gasteiger partial charge in [0.2, 0.25) is 0 Å². The second kappa shape index (κ2) is 10.2. The summed E-state index contributed by atoms with van der Waals surface area (Å²) in [6.45, 7) is 4.46. The maximum Gasteiger partial charge on any atom is 0.136 e. The molecule has 2 unspecified atom stereocenters. The monoisotopic (exact) mass is 264 g/mol. The van der Waals surface area contributed by atoms with Gasteiger partial charge >= 0.3 is 0 Å². The van der Waals surface area contributed by atoms with Crippen molar-refractivity contribution in [2.45, 2.75) is 84.5 Å². The van der Waals surface area contributed by atoms with E-state index in [-0.39, 0.29) is 0 Å². The fourth-order valence-electron chi connectivity index (χ4n) is 3.04. The highest BCUT2D eigenvalue weighted by atomic mass is 16.1. The molecule has 0 heterocycles. The second-order valence-corrected chi connectivity index (χ2v) is 6.33. The Morgan fingerprint density at radius 2 is 1.74 bits per heavy atom. The number of allylic oxidation sites excluding steroid dienone is 2. The Morgan fingerprint density at radius 1 is 1.05 bits per heavy atom. The van der Waals surface area contributed by atoms with E-state index in [4.69, 9.17) is 0 Å². The Morgan fingerprint density at radius 3 is 2.37 bits per heavy atom. The van der Waals surface area contributed by atoms with Gasteiger partial charge in [-0.3, -0.25) is 4.79 Å². The highest BCUT2D eigenvalue weighted by Crippen LogP contribution is 2.29. The smallest absolute Gasteiger partial charge is 0.136 e. The van der Waals surface area contributed by atoms with Crippen LogP contribution in [0.25, 0.3) is 0 Å². The first kappa shape index (κ1) is 16.5. The summed E-state index contributed by atoms with van der Waals surface area (Å²) in [5, 5.41) is 0. The Balaban J connectivity index is 1.92. The van der Waals surface area contributed by atoms with Crippen molar-refractivity contribution in [3.05, 3.63) is 12.2 Å². The van der Waals surface area contributed by atoms with Gasteiger partial charge in [-0.15, -0.1) is 0 Å². The molecule has 0 aliphatic heterocycles. The minimum atomic E-state index is 0.334. The molecule has 1 fully saturated rings. The molecule has 0 saturated heterocycles. The first-order valence-corrected chi connectivity index (χ1v) is 8.41. The summed E-state index contributed by atoms with van der Waals surface area (Å²) in [4.78, 5) is 11.6. The van der Waals surface area contributed by atoms with Crippen LogP contribution in [0.1, 0.15) is 84.5 Å². The summed E-state index contributed by atoms with van der Waals surface area (Å²) in [5.74, 6) is 1.45. The second-order valence-electron chi connectivity index (χ2n) is 6.33. The molecule has 1 nitrogen and oxygen atoms in total. The molecule has 1 heteroatoms.